The lowest BCUT2D eigenvalue weighted by atomic mass is 9.99. The molecule has 1 saturated heterocycles. The summed E-state index contributed by atoms with van der Waals surface area (Å²) in [7, 11) is 1.66. The smallest absolute Gasteiger partial charge is 0.183 e. The maximum Gasteiger partial charge on any atom is 0.183 e. The number of allylic oxidation sites excluding steroid dienone is 2. The van der Waals surface area contributed by atoms with E-state index in [-0.39, 0.29) is 18.3 Å². The first kappa shape index (κ1) is 11.0. The fourth-order valence-electron chi connectivity index (χ4n) is 2.72. The molecule has 3 rings (SSSR count). The molecule has 4 nitrogen and oxygen atoms in total. The van der Waals surface area contributed by atoms with Gasteiger partial charge in [-0.05, 0) is 19.9 Å². The van der Waals surface area contributed by atoms with Crippen molar-refractivity contribution in [2.24, 2.45) is 4.99 Å². The van der Waals surface area contributed by atoms with E-state index >= 15 is 0 Å². The largest absolute Gasteiger partial charge is 0.498 e. The Morgan fingerprint density at radius 2 is 2.35 bits per heavy atom. The molecular formula is C13H17NO3. The van der Waals surface area contributed by atoms with Crippen molar-refractivity contribution in [2.75, 3.05) is 7.11 Å². The normalized spacial score (nSPS) is 43.6. The summed E-state index contributed by atoms with van der Waals surface area (Å²) in [6, 6.07) is 0. The van der Waals surface area contributed by atoms with Gasteiger partial charge in [0.1, 0.15) is 24.1 Å². The summed E-state index contributed by atoms with van der Waals surface area (Å²) >= 11 is 0. The molecule has 1 aliphatic carbocycles. The third-order valence-electron chi connectivity index (χ3n) is 3.55. The standard InChI is InChI=1S/C13H17NO3/c1-8-7-11-13(2,14-8)17-12-9(15-3)5-4-6-10(12)16-11/h4-6,10-12H,7H2,1-3H3. The molecule has 0 amide bonds. The van der Waals surface area contributed by atoms with Gasteiger partial charge in [-0.25, -0.2) is 0 Å². The van der Waals surface area contributed by atoms with Crippen molar-refractivity contribution in [3.63, 3.8) is 0 Å². The number of rotatable bonds is 1. The number of hydrogen-bond acceptors (Lipinski definition) is 4. The van der Waals surface area contributed by atoms with Crippen molar-refractivity contribution in [1.29, 1.82) is 0 Å². The minimum Gasteiger partial charge on any atom is -0.498 e. The molecule has 4 atom stereocenters. The van der Waals surface area contributed by atoms with Crippen LogP contribution in [0.1, 0.15) is 20.3 Å². The van der Waals surface area contributed by atoms with Gasteiger partial charge in [0.25, 0.3) is 0 Å². The van der Waals surface area contributed by atoms with Crippen LogP contribution < -0.4 is 0 Å². The van der Waals surface area contributed by atoms with Crippen LogP contribution in [0.2, 0.25) is 0 Å². The van der Waals surface area contributed by atoms with Crippen molar-refractivity contribution < 1.29 is 14.2 Å². The molecule has 0 aromatic heterocycles. The van der Waals surface area contributed by atoms with Gasteiger partial charge < -0.3 is 14.2 Å². The van der Waals surface area contributed by atoms with Crippen LogP contribution in [0.15, 0.2) is 29.0 Å². The zero-order chi connectivity index (χ0) is 12.0. The quantitative estimate of drug-likeness (QED) is 0.696. The molecule has 0 saturated carbocycles. The molecule has 3 aliphatic rings. The van der Waals surface area contributed by atoms with Gasteiger partial charge in [0.2, 0.25) is 0 Å². The maximum atomic E-state index is 6.12. The Bertz CT molecular complexity index is 426. The summed E-state index contributed by atoms with van der Waals surface area (Å²) in [4.78, 5) is 4.56. The molecule has 92 valence electrons. The van der Waals surface area contributed by atoms with Gasteiger partial charge in [0, 0.05) is 12.1 Å². The molecule has 0 spiro atoms. The fraction of sp³-hybridized carbons (Fsp3) is 0.615. The zero-order valence-electron chi connectivity index (χ0n) is 10.3. The van der Waals surface area contributed by atoms with E-state index in [1.807, 2.05) is 32.1 Å². The number of hydrogen-bond donors (Lipinski definition) is 0. The van der Waals surface area contributed by atoms with Crippen molar-refractivity contribution in [2.45, 2.75) is 44.3 Å². The lowest BCUT2D eigenvalue weighted by molar-refractivity contribution is -0.239. The van der Waals surface area contributed by atoms with Crippen LogP contribution in [0.4, 0.5) is 0 Å². The Morgan fingerprint density at radius 1 is 1.53 bits per heavy atom. The van der Waals surface area contributed by atoms with E-state index in [1.165, 1.54) is 0 Å². The fourth-order valence-corrected chi connectivity index (χ4v) is 2.72. The summed E-state index contributed by atoms with van der Waals surface area (Å²) in [5.74, 6) is 0.803. The van der Waals surface area contributed by atoms with E-state index in [1.54, 1.807) is 7.11 Å². The predicted molar refractivity (Wildman–Crippen MR) is 63.9 cm³/mol. The molecule has 4 heteroatoms. The number of nitrogens with zero attached hydrogens (tertiary/aromatic N) is 1. The predicted octanol–water partition coefficient (Wildman–Crippen LogP) is 1.82. The second-order valence-corrected chi connectivity index (χ2v) is 4.89. The number of fused-ring (bicyclic) bond motifs is 2. The average molecular weight is 235 g/mol. The van der Waals surface area contributed by atoms with Crippen LogP contribution in [-0.4, -0.2) is 36.9 Å². The second kappa shape index (κ2) is 3.68. The summed E-state index contributed by atoms with van der Waals surface area (Å²) in [5, 5.41) is 0. The van der Waals surface area contributed by atoms with E-state index < -0.39 is 5.72 Å². The summed E-state index contributed by atoms with van der Waals surface area (Å²) in [6.45, 7) is 4.00. The highest BCUT2D eigenvalue weighted by molar-refractivity contribution is 5.84. The highest BCUT2D eigenvalue weighted by Gasteiger charge is 2.51. The Kier molecular flexibility index (Phi) is 2.38. The number of methoxy groups -OCH3 is 1. The highest BCUT2D eigenvalue weighted by Crippen LogP contribution is 2.40. The average Bonchev–Trinajstić information content (AvgIpc) is 2.58. The van der Waals surface area contributed by atoms with Crippen LogP contribution in [0.3, 0.4) is 0 Å². The van der Waals surface area contributed by atoms with E-state index in [4.69, 9.17) is 14.2 Å². The van der Waals surface area contributed by atoms with E-state index in [0.29, 0.717) is 0 Å². The van der Waals surface area contributed by atoms with Gasteiger partial charge in [0.05, 0.1) is 7.11 Å². The van der Waals surface area contributed by atoms with Crippen molar-refractivity contribution in [3.05, 3.63) is 24.0 Å². The molecule has 0 N–H and O–H groups in total. The zero-order valence-corrected chi connectivity index (χ0v) is 10.3. The molecule has 0 radical (unpaired) electrons. The monoisotopic (exact) mass is 235 g/mol. The summed E-state index contributed by atoms with van der Waals surface area (Å²) in [6.07, 6.45) is 6.51. The van der Waals surface area contributed by atoms with Gasteiger partial charge in [0.15, 0.2) is 5.72 Å². The van der Waals surface area contributed by atoms with E-state index in [2.05, 4.69) is 4.99 Å². The van der Waals surface area contributed by atoms with Gasteiger partial charge in [-0.1, -0.05) is 12.2 Å². The van der Waals surface area contributed by atoms with Crippen molar-refractivity contribution in [3.8, 4) is 0 Å². The molecule has 0 aromatic carbocycles. The first-order chi connectivity index (χ1) is 8.12. The second-order valence-electron chi connectivity index (χ2n) is 4.89. The van der Waals surface area contributed by atoms with Gasteiger partial charge >= 0.3 is 0 Å². The van der Waals surface area contributed by atoms with E-state index in [9.17, 15) is 0 Å². The van der Waals surface area contributed by atoms with Crippen LogP contribution in [0.5, 0.6) is 0 Å². The number of ether oxygens (including phenoxy) is 3. The Hall–Kier alpha value is -1.13. The molecule has 17 heavy (non-hydrogen) atoms. The van der Waals surface area contributed by atoms with Gasteiger partial charge in [-0.2, -0.15) is 0 Å². The van der Waals surface area contributed by atoms with Crippen molar-refractivity contribution >= 4 is 5.71 Å². The third kappa shape index (κ3) is 1.63. The Labute approximate surface area is 101 Å². The lowest BCUT2D eigenvalue weighted by Gasteiger charge is -2.43. The Morgan fingerprint density at radius 3 is 3.12 bits per heavy atom. The third-order valence-corrected chi connectivity index (χ3v) is 3.55. The SMILES string of the molecule is COC1=CC=CC2OC3CC(C)=NC3(C)OC12. The summed E-state index contributed by atoms with van der Waals surface area (Å²) in [5.41, 5.74) is 0.525. The molecule has 1 fully saturated rings. The van der Waals surface area contributed by atoms with E-state index in [0.717, 1.165) is 17.9 Å². The van der Waals surface area contributed by atoms with Crippen LogP contribution >= 0.6 is 0 Å². The summed E-state index contributed by atoms with van der Waals surface area (Å²) < 4.78 is 17.5. The number of aliphatic imine (C=N–C) groups is 1. The highest BCUT2D eigenvalue weighted by atomic mass is 16.6. The molecular weight excluding hydrogens is 218 g/mol. The molecule has 0 bridgehead atoms. The minimum atomic E-state index is -0.561. The Balaban J connectivity index is 1.90. The minimum absolute atomic E-state index is 0.0182. The first-order valence-electron chi connectivity index (χ1n) is 5.93. The molecule has 0 aromatic rings. The topological polar surface area (TPSA) is 40.0 Å². The van der Waals surface area contributed by atoms with Gasteiger partial charge in [-0.3, -0.25) is 4.99 Å². The van der Waals surface area contributed by atoms with Crippen LogP contribution in [0, 0.1) is 0 Å². The molecule has 2 aliphatic heterocycles. The maximum absolute atomic E-state index is 6.12. The lowest BCUT2D eigenvalue weighted by Crippen LogP contribution is -2.54. The van der Waals surface area contributed by atoms with Crippen LogP contribution in [0.25, 0.3) is 0 Å². The molecule has 4 unspecified atom stereocenters. The van der Waals surface area contributed by atoms with Crippen molar-refractivity contribution in [1.82, 2.24) is 0 Å². The van der Waals surface area contributed by atoms with Crippen LogP contribution in [-0.2, 0) is 14.2 Å². The first-order valence-corrected chi connectivity index (χ1v) is 5.93. The van der Waals surface area contributed by atoms with Gasteiger partial charge in [-0.15, -0.1) is 0 Å². The molecule has 2 heterocycles.